The number of carboxylic acids is 1. The summed E-state index contributed by atoms with van der Waals surface area (Å²) in [5, 5.41) is 10.0. The third-order valence-corrected chi connectivity index (χ3v) is 5.69. The molecule has 0 saturated carbocycles. The second kappa shape index (κ2) is 7.45. The molecule has 1 heterocycles. The normalized spacial score (nSPS) is 19.3. The zero-order valence-electron chi connectivity index (χ0n) is 16.7. The average Bonchev–Trinajstić information content (AvgIpc) is 3.26. The van der Waals surface area contributed by atoms with Crippen LogP contribution in [0.5, 0.6) is 17.2 Å². The summed E-state index contributed by atoms with van der Waals surface area (Å²) >= 11 is 0. The van der Waals surface area contributed by atoms with Crippen molar-refractivity contribution in [3.05, 3.63) is 58.7 Å². The van der Waals surface area contributed by atoms with E-state index in [0.717, 1.165) is 6.42 Å². The SMILES string of the molecule is CCCOc1ccc2c(c1)C(OS(=O)(=O)F)=C(C(=O)O)C2(C)c1ccc2c(c1)OCO2. The van der Waals surface area contributed by atoms with Crippen LogP contribution in [0.3, 0.4) is 0 Å². The minimum Gasteiger partial charge on any atom is -0.494 e. The molecule has 1 N–H and O–H groups in total. The lowest BCUT2D eigenvalue weighted by molar-refractivity contribution is -0.133. The fourth-order valence-electron chi connectivity index (χ4n) is 3.96. The quantitative estimate of drug-likeness (QED) is 0.638. The number of carboxylic acid groups (broad SMARTS) is 1. The van der Waals surface area contributed by atoms with Crippen LogP contribution in [-0.2, 0) is 24.9 Å². The van der Waals surface area contributed by atoms with Crippen molar-refractivity contribution < 1.29 is 40.6 Å². The van der Waals surface area contributed by atoms with Crippen LogP contribution in [0.1, 0.15) is 37.0 Å². The predicted molar refractivity (Wildman–Crippen MR) is 107 cm³/mol. The number of carbonyl (C=O) groups is 1. The van der Waals surface area contributed by atoms with Crippen molar-refractivity contribution in [3.63, 3.8) is 0 Å². The summed E-state index contributed by atoms with van der Waals surface area (Å²) in [4.78, 5) is 12.3. The van der Waals surface area contributed by atoms with Gasteiger partial charge in [-0.15, -0.1) is 0 Å². The fourth-order valence-corrected chi connectivity index (χ4v) is 4.33. The number of halogens is 1. The minimum absolute atomic E-state index is 0.0281. The third-order valence-electron chi connectivity index (χ3n) is 5.32. The molecule has 10 heteroatoms. The Hall–Kier alpha value is -3.27. The van der Waals surface area contributed by atoms with Crippen molar-refractivity contribution in [2.45, 2.75) is 25.7 Å². The summed E-state index contributed by atoms with van der Waals surface area (Å²) in [5.74, 6) is -0.756. The molecule has 2 aromatic carbocycles. The van der Waals surface area contributed by atoms with Gasteiger partial charge in [-0.1, -0.05) is 22.9 Å². The summed E-state index contributed by atoms with van der Waals surface area (Å²) in [6, 6.07) is 9.61. The highest BCUT2D eigenvalue weighted by atomic mass is 32.3. The lowest BCUT2D eigenvalue weighted by Crippen LogP contribution is -2.28. The van der Waals surface area contributed by atoms with Gasteiger partial charge in [0.15, 0.2) is 17.3 Å². The van der Waals surface area contributed by atoms with E-state index in [1.807, 2.05) is 6.92 Å². The molecule has 0 spiro atoms. The maximum Gasteiger partial charge on any atom is 0.488 e. The maximum absolute atomic E-state index is 13.6. The first kappa shape index (κ1) is 21.0. The molecule has 31 heavy (non-hydrogen) atoms. The van der Waals surface area contributed by atoms with E-state index in [4.69, 9.17) is 14.2 Å². The summed E-state index contributed by atoms with van der Waals surface area (Å²) in [6.45, 7) is 3.93. The molecule has 0 aromatic heterocycles. The topological polar surface area (TPSA) is 108 Å². The van der Waals surface area contributed by atoms with Gasteiger partial charge in [-0.2, -0.15) is 8.42 Å². The molecule has 0 saturated heterocycles. The average molecular weight is 450 g/mol. The van der Waals surface area contributed by atoms with Crippen LogP contribution in [0.25, 0.3) is 5.76 Å². The number of rotatable bonds is 7. The molecule has 4 rings (SSSR count). The summed E-state index contributed by atoms with van der Waals surface area (Å²) in [5.41, 5.74) is -0.771. The van der Waals surface area contributed by atoms with Gasteiger partial charge in [0.05, 0.1) is 17.6 Å². The first-order valence-electron chi connectivity index (χ1n) is 9.45. The Kier molecular flexibility index (Phi) is 5.04. The Morgan fingerprint density at radius 3 is 2.61 bits per heavy atom. The highest BCUT2D eigenvalue weighted by Crippen LogP contribution is 2.53. The Labute approximate surface area is 178 Å². The Bertz CT molecular complexity index is 1200. The zero-order valence-corrected chi connectivity index (χ0v) is 17.5. The number of benzene rings is 2. The lowest BCUT2D eigenvalue weighted by Gasteiger charge is -2.28. The molecule has 1 unspecified atom stereocenters. The number of aliphatic carboxylic acids is 1. The smallest absolute Gasteiger partial charge is 0.488 e. The van der Waals surface area contributed by atoms with E-state index in [2.05, 4.69) is 4.18 Å². The van der Waals surface area contributed by atoms with Crippen molar-refractivity contribution in [1.82, 2.24) is 0 Å². The van der Waals surface area contributed by atoms with Crippen molar-refractivity contribution in [1.29, 1.82) is 0 Å². The summed E-state index contributed by atoms with van der Waals surface area (Å²) in [7, 11) is -5.50. The number of ether oxygens (including phenoxy) is 3. The van der Waals surface area contributed by atoms with Gasteiger partial charge in [0.2, 0.25) is 6.79 Å². The molecule has 0 bridgehead atoms. The van der Waals surface area contributed by atoms with Gasteiger partial charge in [0, 0.05) is 5.56 Å². The molecule has 1 atom stereocenters. The van der Waals surface area contributed by atoms with Crippen LogP contribution < -0.4 is 14.2 Å². The lowest BCUT2D eigenvalue weighted by atomic mass is 9.73. The molecule has 0 amide bonds. The van der Waals surface area contributed by atoms with Gasteiger partial charge >= 0.3 is 16.5 Å². The van der Waals surface area contributed by atoms with E-state index >= 15 is 0 Å². The van der Waals surface area contributed by atoms with E-state index in [9.17, 15) is 22.2 Å². The second-order valence-corrected chi connectivity index (χ2v) is 8.19. The molecule has 1 aliphatic carbocycles. The highest BCUT2D eigenvalue weighted by Gasteiger charge is 2.49. The molecule has 8 nitrogen and oxygen atoms in total. The molecular formula is C21H19FO8S. The van der Waals surface area contributed by atoms with Crippen LogP contribution in [0.2, 0.25) is 0 Å². The minimum atomic E-state index is -5.50. The van der Waals surface area contributed by atoms with Gasteiger partial charge in [-0.3, -0.25) is 0 Å². The largest absolute Gasteiger partial charge is 0.494 e. The Balaban J connectivity index is 1.97. The maximum atomic E-state index is 13.6. The van der Waals surface area contributed by atoms with Crippen molar-refractivity contribution in [3.8, 4) is 17.2 Å². The molecule has 164 valence electrons. The molecule has 2 aromatic rings. The molecule has 2 aliphatic rings. The molecule has 0 radical (unpaired) electrons. The van der Waals surface area contributed by atoms with Crippen molar-refractivity contribution in [2.75, 3.05) is 13.4 Å². The first-order chi connectivity index (χ1) is 14.6. The third kappa shape index (κ3) is 3.56. The summed E-state index contributed by atoms with van der Waals surface area (Å²) in [6.07, 6.45) is 0.727. The number of hydrogen-bond acceptors (Lipinski definition) is 7. The van der Waals surface area contributed by atoms with Crippen molar-refractivity contribution >= 4 is 22.2 Å². The monoisotopic (exact) mass is 450 g/mol. The van der Waals surface area contributed by atoms with E-state index in [-0.39, 0.29) is 12.4 Å². The van der Waals surface area contributed by atoms with Crippen LogP contribution in [0.4, 0.5) is 3.89 Å². The van der Waals surface area contributed by atoms with Gasteiger partial charge in [-0.05, 0) is 48.7 Å². The number of fused-ring (bicyclic) bond motifs is 2. The van der Waals surface area contributed by atoms with Crippen molar-refractivity contribution in [2.24, 2.45) is 0 Å². The zero-order chi connectivity index (χ0) is 22.4. The highest BCUT2D eigenvalue weighted by molar-refractivity contribution is 7.81. The van der Waals surface area contributed by atoms with E-state index in [1.54, 1.807) is 37.3 Å². The summed E-state index contributed by atoms with van der Waals surface area (Å²) < 4.78 is 57.1. The first-order valence-corrected chi connectivity index (χ1v) is 10.8. The van der Waals surface area contributed by atoms with Crippen LogP contribution >= 0.6 is 0 Å². The fraction of sp³-hybridized carbons (Fsp3) is 0.286. The van der Waals surface area contributed by atoms with E-state index in [1.165, 1.54) is 6.07 Å². The standard InChI is InChI=1S/C21H19FO8S/c1-3-8-27-13-5-6-15-14(10-13)19(30-31(22,25)26)18(20(23)24)21(15,2)12-4-7-16-17(9-12)29-11-28-16/h4-7,9-10H,3,8,11H2,1-2H3,(H,23,24). The van der Waals surface area contributed by atoms with Crippen LogP contribution in [-0.4, -0.2) is 32.9 Å². The van der Waals surface area contributed by atoms with Gasteiger partial charge < -0.3 is 23.5 Å². The van der Waals surface area contributed by atoms with Gasteiger partial charge in [-0.25, -0.2) is 4.79 Å². The van der Waals surface area contributed by atoms with Crippen LogP contribution in [0.15, 0.2) is 42.0 Å². The van der Waals surface area contributed by atoms with E-state index in [0.29, 0.717) is 35.0 Å². The second-order valence-electron chi connectivity index (χ2n) is 7.23. The molecular weight excluding hydrogens is 431 g/mol. The van der Waals surface area contributed by atoms with E-state index < -0.39 is 33.2 Å². The van der Waals surface area contributed by atoms with Crippen LogP contribution in [0, 0.1) is 0 Å². The van der Waals surface area contributed by atoms with Gasteiger partial charge in [0.1, 0.15) is 5.75 Å². The van der Waals surface area contributed by atoms with Gasteiger partial charge in [0.25, 0.3) is 0 Å². The predicted octanol–water partition coefficient (Wildman–Crippen LogP) is 3.55. The molecule has 1 aliphatic heterocycles. The Morgan fingerprint density at radius 2 is 1.94 bits per heavy atom. The molecule has 0 fully saturated rings. The Morgan fingerprint density at radius 1 is 1.19 bits per heavy atom. The number of hydrogen-bond donors (Lipinski definition) is 1.